The van der Waals surface area contributed by atoms with Gasteiger partial charge in [0.15, 0.2) is 0 Å². The first kappa shape index (κ1) is 26.4. The van der Waals surface area contributed by atoms with E-state index in [1.807, 2.05) is 0 Å². The Bertz CT molecular complexity index is 525. The Balaban J connectivity index is 1.91. The number of likely N-dealkylation sites (tertiary alicyclic amines) is 1. The summed E-state index contributed by atoms with van der Waals surface area (Å²) < 4.78 is 5.44. The van der Waals surface area contributed by atoms with Gasteiger partial charge >= 0.3 is 5.97 Å². The number of ether oxygens (including phenoxy) is 1. The van der Waals surface area contributed by atoms with Crippen LogP contribution in [0.5, 0.6) is 0 Å². The number of piperidine rings is 1. The van der Waals surface area contributed by atoms with Crippen molar-refractivity contribution in [3.63, 3.8) is 0 Å². The number of carbonyl (C=O) groups excluding carboxylic acids is 1. The fourth-order valence-corrected chi connectivity index (χ4v) is 3.44. The molecule has 1 fully saturated rings. The van der Waals surface area contributed by atoms with Crippen molar-refractivity contribution in [2.24, 2.45) is 5.92 Å². The Labute approximate surface area is 185 Å². The topological polar surface area (TPSA) is 29.5 Å². The number of carbonyl (C=O) groups is 1. The SMILES string of the molecule is CCCCCC=CCC=CCC=CCC=CCCCC(=O)OCC1CCN(C)CC1. The highest BCUT2D eigenvalue weighted by Crippen LogP contribution is 2.16. The van der Waals surface area contributed by atoms with Crippen molar-refractivity contribution >= 4 is 5.97 Å². The molecule has 0 atom stereocenters. The first-order valence-electron chi connectivity index (χ1n) is 12.2. The van der Waals surface area contributed by atoms with Crippen molar-refractivity contribution in [2.75, 3.05) is 26.7 Å². The van der Waals surface area contributed by atoms with Crippen molar-refractivity contribution in [1.29, 1.82) is 0 Å². The second-order valence-electron chi connectivity index (χ2n) is 8.41. The summed E-state index contributed by atoms with van der Waals surface area (Å²) in [7, 11) is 2.15. The number of rotatable bonds is 16. The molecule has 3 heteroatoms. The van der Waals surface area contributed by atoms with E-state index in [0.717, 1.165) is 58.0 Å². The molecule has 0 aromatic heterocycles. The number of nitrogens with zero attached hydrogens (tertiary/aromatic N) is 1. The van der Waals surface area contributed by atoms with Gasteiger partial charge in [-0.2, -0.15) is 0 Å². The van der Waals surface area contributed by atoms with Gasteiger partial charge in [0.1, 0.15) is 0 Å². The van der Waals surface area contributed by atoms with Crippen LogP contribution < -0.4 is 0 Å². The van der Waals surface area contributed by atoms with E-state index < -0.39 is 0 Å². The fourth-order valence-electron chi connectivity index (χ4n) is 3.44. The zero-order chi connectivity index (χ0) is 21.7. The lowest BCUT2D eigenvalue weighted by atomic mass is 9.98. The average molecular weight is 416 g/mol. The van der Waals surface area contributed by atoms with E-state index in [0.29, 0.717) is 18.9 Å². The largest absolute Gasteiger partial charge is 0.465 e. The summed E-state index contributed by atoms with van der Waals surface area (Å²) in [5.41, 5.74) is 0. The molecule has 1 heterocycles. The Kier molecular flexibility index (Phi) is 17.1. The molecule has 0 aromatic rings. The molecule has 3 nitrogen and oxygen atoms in total. The van der Waals surface area contributed by atoms with Gasteiger partial charge < -0.3 is 9.64 Å². The molecule has 0 spiro atoms. The molecule has 0 N–H and O–H groups in total. The first-order chi connectivity index (χ1) is 14.7. The Morgan fingerprint density at radius 3 is 1.93 bits per heavy atom. The molecule has 0 saturated carbocycles. The van der Waals surface area contributed by atoms with Gasteiger partial charge in [-0.3, -0.25) is 4.79 Å². The number of esters is 1. The summed E-state index contributed by atoms with van der Waals surface area (Å²) in [6, 6.07) is 0. The zero-order valence-electron chi connectivity index (χ0n) is 19.6. The van der Waals surface area contributed by atoms with E-state index in [1.54, 1.807) is 0 Å². The predicted molar refractivity (Wildman–Crippen MR) is 130 cm³/mol. The third-order valence-corrected chi connectivity index (χ3v) is 5.53. The van der Waals surface area contributed by atoms with E-state index >= 15 is 0 Å². The lowest BCUT2D eigenvalue weighted by molar-refractivity contribution is -0.145. The quantitative estimate of drug-likeness (QED) is 0.154. The maximum atomic E-state index is 11.8. The molecule has 0 aromatic carbocycles. The molecule has 0 unspecified atom stereocenters. The van der Waals surface area contributed by atoms with Gasteiger partial charge in [0, 0.05) is 6.42 Å². The number of allylic oxidation sites excluding steroid dienone is 8. The number of unbranched alkanes of at least 4 members (excludes halogenated alkanes) is 4. The summed E-state index contributed by atoms with van der Waals surface area (Å²) in [6.07, 6.45) is 30.6. The summed E-state index contributed by atoms with van der Waals surface area (Å²) in [5.74, 6) is 0.517. The zero-order valence-corrected chi connectivity index (χ0v) is 19.6. The molecule has 170 valence electrons. The van der Waals surface area contributed by atoms with E-state index in [9.17, 15) is 4.79 Å². The minimum atomic E-state index is -0.0372. The summed E-state index contributed by atoms with van der Waals surface area (Å²) in [6.45, 7) is 5.09. The third-order valence-electron chi connectivity index (χ3n) is 5.53. The van der Waals surface area contributed by atoms with Crippen LogP contribution in [-0.4, -0.2) is 37.6 Å². The molecule has 0 bridgehead atoms. The number of hydrogen-bond acceptors (Lipinski definition) is 3. The molecule has 0 radical (unpaired) electrons. The van der Waals surface area contributed by atoms with Gasteiger partial charge in [0.2, 0.25) is 0 Å². The Hall–Kier alpha value is -1.61. The van der Waals surface area contributed by atoms with Crippen molar-refractivity contribution in [2.45, 2.75) is 84.0 Å². The summed E-state index contributed by atoms with van der Waals surface area (Å²) in [4.78, 5) is 14.2. The van der Waals surface area contributed by atoms with Gasteiger partial charge in [0.25, 0.3) is 0 Å². The summed E-state index contributed by atoms with van der Waals surface area (Å²) in [5, 5.41) is 0. The number of hydrogen-bond donors (Lipinski definition) is 0. The van der Waals surface area contributed by atoms with Crippen LogP contribution in [0.2, 0.25) is 0 Å². The van der Waals surface area contributed by atoms with E-state index in [4.69, 9.17) is 4.74 Å². The van der Waals surface area contributed by atoms with Crippen LogP contribution >= 0.6 is 0 Å². The predicted octanol–water partition coefficient (Wildman–Crippen LogP) is 7.02. The molecule has 1 aliphatic heterocycles. The molecular formula is C27H45NO2. The molecule has 1 rings (SSSR count). The standard InChI is InChI=1S/C27H45NO2/c1-3-4-5-6-7-8-9-10-11-12-13-14-15-16-17-18-19-20-27(29)30-25-26-21-23-28(2)24-22-26/h7-8,10-11,13-14,16-17,26H,3-6,9,12,15,18-25H2,1-2H3. The van der Waals surface area contributed by atoms with Crippen LogP contribution in [0.1, 0.15) is 84.0 Å². The van der Waals surface area contributed by atoms with Crippen LogP contribution in [-0.2, 0) is 9.53 Å². The van der Waals surface area contributed by atoms with Crippen LogP contribution in [0.25, 0.3) is 0 Å². The molecule has 30 heavy (non-hydrogen) atoms. The fraction of sp³-hybridized carbons (Fsp3) is 0.667. The first-order valence-corrected chi connectivity index (χ1v) is 12.2. The maximum Gasteiger partial charge on any atom is 0.305 e. The summed E-state index contributed by atoms with van der Waals surface area (Å²) >= 11 is 0. The average Bonchev–Trinajstić information content (AvgIpc) is 2.75. The van der Waals surface area contributed by atoms with Gasteiger partial charge in [-0.05, 0) is 83.8 Å². The molecule has 1 aliphatic rings. The molecule has 0 aliphatic carbocycles. The van der Waals surface area contributed by atoms with Crippen LogP contribution in [0.15, 0.2) is 48.6 Å². The van der Waals surface area contributed by atoms with Crippen molar-refractivity contribution < 1.29 is 9.53 Å². The van der Waals surface area contributed by atoms with Gasteiger partial charge in [-0.25, -0.2) is 0 Å². The van der Waals surface area contributed by atoms with Crippen molar-refractivity contribution in [3.8, 4) is 0 Å². The second kappa shape index (κ2) is 19.4. The van der Waals surface area contributed by atoms with Crippen LogP contribution in [0.3, 0.4) is 0 Å². The minimum absolute atomic E-state index is 0.0372. The Morgan fingerprint density at radius 2 is 1.37 bits per heavy atom. The van der Waals surface area contributed by atoms with E-state index in [1.165, 1.54) is 25.7 Å². The van der Waals surface area contributed by atoms with E-state index in [-0.39, 0.29) is 5.97 Å². The van der Waals surface area contributed by atoms with Gasteiger partial charge in [0.05, 0.1) is 6.61 Å². The highest BCUT2D eigenvalue weighted by molar-refractivity contribution is 5.69. The smallest absolute Gasteiger partial charge is 0.305 e. The molecular weight excluding hydrogens is 370 g/mol. The van der Waals surface area contributed by atoms with Crippen molar-refractivity contribution in [3.05, 3.63) is 48.6 Å². The minimum Gasteiger partial charge on any atom is -0.465 e. The van der Waals surface area contributed by atoms with E-state index in [2.05, 4.69) is 67.5 Å². The highest BCUT2D eigenvalue weighted by atomic mass is 16.5. The van der Waals surface area contributed by atoms with Crippen molar-refractivity contribution in [1.82, 2.24) is 4.90 Å². The normalized spacial score (nSPS) is 16.6. The molecule has 1 saturated heterocycles. The second-order valence-corrected chi connectivity index (χ2v) is 8.41. The van der Waals surface area contributed by atoms with Gasteiger partial charge in [-0.15, -0.1) is 0 Å². The van der Waals surface area contributed by atoms with Crippen LogP contribution in [0, 0.1) is 5.92 Å². The highest BCUT2D eigenvalue weighted by Gasteiger charge is 2.17. The monoisotopic (exact) mass is 415 g/mol. The lowest BCUT2D eigenvalue weighted by Gasteiger charge is -2.28. The Morgan fingerprint density at radius 1 is 0.833 bits per heavy atom. The molecule has 0 amide bonds. The third kappa shape index (κ3) is 16.2. The van der Waals surface area contributed by atoms with Crippen LogP contribution in [0.4, 0.5) is 0 Å². The maximum absolute atomic E-state index is 11.8. The van der Waals surface area contributed by atoms with Gasteiger partial charge in [-0.1, -0.05) is 68.4 Å². The lowest BCUT2D eigenvalue weighted by Crippen LogP contribution is -2.32.